The van der Waals surface area contributed by atoms with E-state index in [-0.39, 0.29) is 11.8 Å². The first-order valence-electron chi connectivity index (χ1n) is 10.5. The van der Waals surface area contributed by atoms with Crippen LogP contribution in [0.4, 0.5) is 0 Å². The predicted molar refractivity (Wildman–Crippen MR) is 113 cm³/mol. The summed E-state index contributed by atoms with van der Waals surface area (Å²) in [6, 6.07) is 10.0. The number of nitrogens with one attached hydrogen (secondary N) is 2. The molecular weight excluding hydrogens is 352 g/mol. The van der Waals surface area contributed by atoms with Crippen molar-refractivity contribution in [1.82, 2.24) is 15.5 Å². The highest BCUT2D eigenvalue weighted by molar-refractivity contribution is 5.86. The molecule has 2 aliphatic rings. The third-order valence-electron chi connectivity index (χ3n) is 6.32. The molecule has 2 N–H and O–H groups in total. The van der Waals surface area contributed by atoms with Crippen LogP contribution in [-0.2, 0) is 9.53 Å². The topological polar surface area (TPSA) is 66.0 Å². The molecule has 0 aromatic heterocycles. The SMILES string of the molecule is CCC1(CNC(=NC)NCC(C(=O)N2CCOCC2)c2ccccc2)CCC1. The molecule has 1 aliphatic carbocycles. The number of aliphatic imine (C=N–C) groups is 1. The van der Waals surface area contributed by atoms with E-state index in [1.165, 1.54) is 25.7 Å². The molecule has 1 amide bonds. The lowest BCUT2D eigenvalue weighted by atomic mass is 9.67. The minimum absolute atomic E-state index is 0.154. The van der Waals surface area contributed by atoms with E-state index in [4.69, 9.17) is 4.74 Å². The van der Waals surface area contributed by atoms with E-state index in [0.29, 0.717) is 38.3 Å². The molecule has 2 fully saturated rings. The Kier molecular flexibility index (Phi) is 7.31. The van der Waals surface area contributed by atoms with Crippen molar-refractivity contribution < 1.29 is 9.53 Å². The van der Waals surface area contributed by atoms with E-state index in [2.05, 4.69) is 22.5 Å². The van der Waals surface area contributed by atoms with E-state index in [0.717, 1.165) is 18.1 Å². The van der Waals surface area contributed by atoms with Gasteiger partial charge in [0, 0.05) is 33.2 Å². The number of nitrogens with zero attached hydrogens (tertiary/aromatic N) is 2. The summed E-state index contributed by atoms with van der Waals surface area (Å²) in [7, 11) is 1.79. The van der Waals surface area contributed by atoms with Gasteiger partial charge in [0.15, 0.2) is 5.96 Å². The van der Waals surface area contributed by atoms with E-state index in [9.17, 15) is 4.79 Å². The molecule has 1 heterocycles. The van der Waals surface area contributed by atoms with Crippen LogP contribution in [0.5, 0.6) is 0 Å². The van der Waals surface area contributed by atoms with Crippen molar-refractivity contribution in [2.45, 2.75) is 38.5 Å². The van der Waals surface area contributed by atoms with Gasteiger partial charge in [0.2, 0.25) is 5.91 Å². The highest BCUT2D eigenvalue weighted by Gasteiger charge is 2.35. The maximum Gasteiger partial charge on any atom is 0.232 e. The monoisotopic (exact) mass is 386 g/mol. The standard InChI is InChI=1S/C22H34N4O2/c1-3-22(10-7-11-22)17-25-21(23-2)24-16-19(18-8-5-4-6-9-18)20(27)26-12-14-28-15-13-26/h4-6,8-9,19H,3,7,10-17H2,1-2H3,(H2,23,24,25). The lowest BCUT2D eigenvalue weighted by molar-refractivity contribution is -0.136. The number of ether oxygens (including phenoxy) is 1. The summed E-state index contributed by atoms with van der Waals surface area (Å²) >= 11 is 0. The molecule has 1 aliphatic heterocycles. The van der Waals surface area contributed by atoms with E-state index < -0.39 is 0 Å². The van der Waals surface area contributed by atoms with Gasteiger partial charge < -0.3 is 20.3 Å². The van der Waals surface area contributed by atoms with E-state index in [1.54, 1.807) is 7.05 Å². The lowest BCUT2D eigenvalue weighted by Gasteiger charge is -2.41. The first-order valence-corrected chi connectivity index (χ1v) is 10.5. The molecule has 1 saturated carbocycles. The largest absolute Gasteiger partial charge is 0.378 e. The number of rotatable bonds is 7. The average molecular weight is 387 g/mol. The van der Waals surface area contributed by atoms with Crippen LogP contribution in [0.1, 0.15) is 44.1 Å². The highest BCUT2D eigenvalue weighted by Crippen LogP contribution is 2.42. The molecule has 6 heteroatoms. The Morgan fingerprint density at radius 2 is 1.93 bits per heavy atom. The van der Waals surface area contributed by atoms with Crippen molar-refractivity contribution >= 4 is 11.9 Å². The second-order valence-corrected chi connectivity index (χ2v) is 7.91. The van der Waals surface area contributed by atoms with Gasteiger partial charge in [0.25, 0.3) is 0 Å². The fourth-order valence-corrected chi connectivity index (χ4v) is 4.06. The number of guanidine groups is 1. The summed E-state index contributed by atoms with van der Waals surface area (Å²) in [6.45, 7) is 6.29. The molecule has 1 atom stereocenters. The Bertz CT molecular complexity index is 646. The lowest BCUT2D eigenvalue weighted by Crippen LogP contribution is -2.49. The van der Waals surface area contributed by atoms with Crippen molar-refractivity contribution in [3.63, 3.8) is 0 Å². The Hall–Kier alpha value is -2.08. The van der Waals surface area contributed by atoms with Crippen molar-refractivity contribution in [2.24, 2.45) is 10.4 Å². The zero-order chi connectivity index (χ0) is 19.8. The summed E-state index contributed by atoms with van der Waals surface area (Å²) < 4.78 is 5.40. The molecule has 1 aromatic rings. The van der Waals surface area contributed by atoms with Gasteiger partial charge in [0.05, 0.1) is 19.1 Å². The van der Waals surface area contributed by atoms with Crippen LogP contribution in [0.3, 0.4) is 0 Å². The molecule has 28 heavy (non-hydrogen) atoms. The fourth-order valence-electron chi connectivity index (χ4n) is 4.06. The molecule has 6 nitrogen and oxygen atoms in total. The summed E-state index contributed by atoms with van der Waals surface area (Å²) in [5.74, 6) is 0.693. The smallest absolute Gasteiger partial charge is 0.232 e. The van der Waals surface area contributed by atoms with Gasteiger partial charge >= 0.3 is 0 Å². The average Bonchev–Trinajstić information content (AvgIpc) is 2.73. The first kappa shape index (κ1) is 20.6. The number of hydrogen-bond donors (Lipinski definition) is 2. The Balaban J connectivity index is 1.62. The minimum Gasteiger partial charge on any atom is -0.378 e. The number of amides is 1. The molecule has 1 aromatic carbocycles. The van der Waals surface area contributed by atoms with Crippen LogP contribution in [0, 0.1) is 5.41 Å². The van der Waals surface area contributed by atoms with E-state index in [1.807, 2.05) is 35.2 Å². The van der Waals surface area contributed by atoms with Gasteiger partial charge in [-0.3, -0.25) is 9.79 Å². The normalized spacial score (nSPS) is 20.2. The van der Waals surface area contributed by atoms with Crippen molar-refractivity contribution in [3.05, 3.63) is 35.9 Å². The number of hydrogen-bond acceptors (Lipinski definition) is 3. The van der Waals surface area contributed by atoms with Gasteiger partial charge in [0.1, 0.15) is 0 Å². The third-order valence-corrected chi connectivity index (χ3v) is 6.32. The summed E-state index contributed by atoms with van der Waals surface area (Å²) in [4.78, 5) is 19.5. The van der Waals surface area contributed by atoms with Crippen LogP contribution in [-0.4, -0.2) is 63.2 Å². The molecule has 0 bridgehead atoms. The molecule has 3 rings (SSSR count). The molecule has 1 unspecified atom stereocenters. The maximum absolute atomic E-state index is 13.2. The van der Waals surface area contributed by atoms with Crippen LogP contribution < -0.4 is 10.6 Å². The first-order chi connectivity index (χ1) is 13.7. The third kappa shape index (κ3) is 5.04. The van der Waals surface area contributed by atoms with Gasteiger partial charge in [-0.15, -0.1) is 0 Å². The Morgan fingerprint density at radius 1 is 1.21 bits per heavy atom. The summed E-state index contributed by atoms with van der Waals surface area (Å²) in [5.41, 5.74) is 1.45. The van der Waals surface area contributed by atoms with Gasteiger partial charge in [-0.25, -0.2) is 0 Å². The van der Waals surface area contributed by atoms with Gasteiger partial charge in [-0.1, -0.05) is 43.7 Å². The van der Waals surface area contributed by atoms with Crippen molar-refractivity contribution in [1.29, 1.82) is 0 Å². The number of carbonyl (C=O) groups is 1. The molecule has 0 spiro atoms. The number of morpholine rings is 1. The van der Waals surface area contributed by atoms with Crippen LogP contribution in [0.25, 0.3) is 0 Å². The highest BCUT2D eigenvalue weighted by atomic mass is 16.5. The number of carbonyl (C=O) groups excluding carboxylic acids is 1. The zero-order valence-corrected chi connectivity index (χ0v) is 17.2. The minimum atomic E-state index is -0.235. The van der Waals surface area contributed by atoms with Crippen LogP contribution in [0.15, 0.2) is 35.3 Å². The molecule has 0 radical (unpaired) electrons. The quantitative estimate of drug-likeness (QED) is 0.558. The second kappa shape index (κ2) is 9.92. The Labute approximate surface area is 168 Å². The fraction of sp³-hybridized carbons (Fsp3) is 0.636. The summed E-state index contributed by atoms with van der Waals surface area (Å²) in [5, 5.41) is 6.88. The van der Waals surface area contributed by atoms with Crippen molar-refractivity contribution in [3.8, 4) is 0 Å². The molecule has 154 valence electrons. The van der Waals surface area contributed by atoms with Gasteiger partial charge in [-0.2, -0.15) is 0 Å². The molecule has 1 saturated heterocycles. The van der Waals surface area contributed by atoms with E-state index >= 15 is 0 Å². The molecular formula is C22H34N4O2. The van der Waals surface area contributed by atoms with Crippen molar-refractivity contribution in [2.75, 3.05) is 46.4 Å². The summed E-state index contributed by atoms with van der Waals surface area (Å²) in [6.07, 6.45) is 5.09. The Morgan fingerprint density at radius 3 is 2.50 bits per heavy atom. The maximum atomic E-state index is 13.2. The van der Waals surface area contributed by atoms with Gasteiger partial charge in [-0.05, 0) is 30.2 Å². The van der Waals surface area contributed by atoms with Crippen LogP contribution in [0.2, 0.25) is 0 Å². The zero-order valence-electron chi connectivity index (χ0n) is 17.2. The van der Waals surface area contributed by atoms with Crippen LogP contribution >= 0.6 is 0 Å². The predicted octanol–water partition coefficient (Wildman–Crippen LogP) is 2.37. The number of benzene rings is 1. The second-order valence-electron chi connectivity index (χ2n) is 7.91.